The van der Waals surface area contributed by atoms with Crippen LogP contribution >= 0.6 is 22.6 Å². The fourth-order valence-electron chi connectivity index (χ4n) is 1.28. The lowest BCUT2D eigenvalue weighted by Gasteiger charge is -1.99. The van der Waals surface area contributed by atoms with Crippen LogP contribution in [0.2, 0.25) is 0 Å². The van der Waals surface area contributed by atoms with Gasteiger partial charge in [0.15, 0.2) is 3.77 Å². The Kier molecular flexibility index (Phi) is 3.98. The van der Waals surface area contributed by atoms with Crippen LogP contribution in [0.3, 0.4) is 0 Å². The molecule has 4 heteroatoms. The summed E-state index contributed by atoms with van der Waals surface area (Å²) in [5.41, 5.74) is 0.774. The van der Waals surface area contributed by atoms with E-state index in [0.29, 0.717) is 5.76 Å². The van der Waals surface area contributed by atoms with Crippen LogP contribution in [0.1, 0.15) is 5.76 Å². The van der Waals surface area contributed by atoms with Gasteiger partial charge < -0.3 is 9.73 Å². The molecule has 3 nitrogen and oxygen atoms in total. The van der Waals surface area contributed by atoms with Gasteiger partial charge in [0.1, 0.15) is 5.76 Å². The molecule has 0 fully saturated rings. The number of anilines is 1. The van der Waals surface area contributed by atoms with Crippen LogP contribution in [0.4, 0.5) is 5.69 Å². The lowest BCUT2D eigenvalue weighted by Crippen LogP contribution is -2.07. The Morgan fingerprint density at radius 2 is 1.94 bits per heavy atom. The third-order valence-electron chi connectivity index (χ3n) is 2.03. The number of carbonyl (C=O) groups is 1. The predicted molar refractivity (Wildman–Crippen MR) is 75.5 cm³/mol. The van der Waals surface area contributed by atoms with Gasteiger partial charge in [-0.1, -0.05) is 18.2 Å². The first kappa shape index (κ1) is 11.9. The van der Waals surface area contributed by atoms with Gasteiger partial charge in [0.05, 0.1) is 0 Å². The van der Waals surface area contributed by atoms with Crippen LogP contribution in [0.15, 0.2) is 53.0 Å². The minimum Gasteiger partial charge on any atom is -0.451 e. The van der Waals surface area contributed by atoms with Gasteiger partial charge in [0.2, 0.25) is 5.91 Å². The number of hydrogen-bond donors (Lipinski definition) is 1. The van der Waals surface area contributed by atoms with E-state index < -0.39 is 0 Å². The fourth-order valence-corrected chi connectivity index (χ4v) is 1.72. The summed E-state index contributed by atoms with van der Waals surface area (Å²) in [7, 11) is 0. The summed E-state index contributed by atoms with van der Waals surface area (Å²) >= 11 is 2.08. The number of amides is 1. The lowest BCUT2D eigenvalue weighted by atomic mass is 10.3. The van der Waals surface area contributed by atoms with E-state index >= 15 is 0 Å². The van der Waals surface area contributed by atoms with E-state index in [-0.39, 0.29) is 5.91 Å². The molecule has 0 aliphatic heterocycles. The third-order valence-corrected chi connectivity index (χ3v) is 2.61. The Bertz CT molecular complexity index is 531. The number of benzene rings is 1. The maximum absolute atomic E-state index is 11.6. The molecule has 0 saturated carbocycles. The maximum Gasteiger partial charge on any atom is 0.248 e. The van der Waals surface area contributed by atoms with E-state index in [0.717, 1.165) is 9.45 Å². The first-order valence-electron chi connectivity index (χ1n) is 5.03. The highest BCUT2D eigenvalue weighted by atomic mass is 127. The van der Waals surface area contributed by atoms with Gasteiger partial charge >= 0.3 is 0 Å². The summed E-state index contributed by atoms with van der Waals surface area (Å²) in [4.78, 5) is 11.6. The molecular formula is C13H10INO2. The van der Waals surface area contributed by atoms with Crippen LogP contribution in [0, 0.1) is 3.77 Å². The molecule has 0 radical (unpaired) electrons. The second-order valence-corrected chi connectivity index (χ2v) is 4.39. The third kappa shape index (κ3) is 3.74. The number of carbonyl (C=O) groups excluding carboxylic acids is 1. The van der Waals surface area contributed by atoms with Crippen molar-refractivity contribution in [2.75, 3.05) is 5.32 Å². The largest absolute Gasteiger partial charge is 0.451 e. The normalized spacial score (nSPS) is 10.6. The van der Waals surface area contributed by atoms with Crippen molar-refractivity contribution in [3.63, 3.8) is 0 Å². The Hall–Kier alpha value is -1.56. The highest BCUT2D eigenvalue weighted by Gasteiger charge is 1.98. The summed E-state index contributed by atoms with van der Waals surface area (Å²) in [6.07, 6.45) is 3.09. The number of para-hydroxylation sites is 1. The molecule has 1 aromatic carbocycles. The molecule has 1 amide bonds. The van der Waals surface area contributed by atoms with Crippen LogP contribution < -0.4 is 5.32 Å². The lowest BCUT2D eigenvalue weighted by molar-refractivity contribution is -0.111. The summed E-state index contributed by atoms with van der Waals surface area (Å²) in [5.74, 6) is 0.486. The fraction of sp³-hybridized carbons (Fsp3) is 0. The molecular weight excluding hydrogens is 329 g/mol. The maximum atomic E-state index is 11.6. The van der Waals surface area contributed by atoms with Crippen LogP contribution in [0.25, 0.3) is 6.08 Å². The molecule has 0 spiro atoms. The van der Waals surface area contributed by atoms with Gasteiger partial charge in [-0.2, -0.15) is 0 Å². The molecule has 1 N–H and O–H groups in total. The molecule has 0 bridgehead atoms. The van der Waals surface area contributed by atoms with Crippen molar-refractivity contribution in [2.45, 2.75) is 0 Å². The van der Waals surface area contributed by atoms with Crippen molar-refractivity contribution in [3.8, 4) is 0 Å². The highest BCUT2D eigenvalue weighted by Crippen LogP contribution is 2.11. The molecule has 1 heterocycles. The second-order valence-electron chi connectivity index (χ2n) is 3.33. The van der Waals surface area contributed by atoms with Crippen molar-refractivity contribution in [2.24, 2.45) is 0 Å². The topological polar surface area (TPSA) is 42.2 Å². The molecule has 0 saturated heterocycles. The molecule has 1 aromatic heterocycles. The summed E-state index contributed by atoms with van der Waals surface area (Å²) in [6.45, 7) is 0. The molecule has 0 unspecified atom stereocenters. The van der Waals surface area contributed by atoms with E-state index in [4.69, 9.17) is 4.42 Å². The zero-order valence-electron chi connectivity index (χ0n) is 8.89. The van der Waals surface area contributed by atoms with E-state index in [1.165, 1.54) is 6.08 Å². The van der Waals surface area contributed by atoms with Crippen molar-refractivity contribution in [3.05, 3.63) is 58.1 Å². The number of nitrogens with one attached hydrogen (secondary N) is 1. The van der Waals surface area contributed by atoms with Crippen LogP contribution in [0.5, 0.6) is 0 Å². The van der Waals surface area contributed by atoms with E-state index in [9.17, 15) is 4.79 Å². The standard InChI is InChI=1S/C13H10INO2/c14-12-8-6-11(17-12)7-9-13(16)15-10-4-2-1-3-5-10/h1-9H,(H,15,16). The van der Waals surface area contributed by atoms with E-state index in [2.05, 4.69) is 27.9 Å². The van der Waals surface area contributed by atoms with Crippen LogP contribution in [-0.4, -0.2) is 5.91 Å². The molecule has 0 aliphatic rings. The Morgan fingerprint density at radius 1 is 1.18 bits per heavy atom. The Labute approximate surface area is 113 Å². The smallest absolute Gasteiger partial charge is 0.248 e. The average molecular weight is 339 g/mol. The molecule has 2 aromatic rings. The van der Waals surface area contributed by atoms with E-state index in [1.54, 1.807) is 6.08 Å². The number of halogens is 1. The van der Waals surface area contributed by atoms with Crippen molar-refractivity contribution < 1.29 is 9.21 Å². The van der Waals surface area contributed by atoms with Gasteiger partial charge in [-0.3, -0.25) is 4.79 Å². The minimum atomic E-state index is -0.178. The van der Waals surface area contributed by atoms with Crippen molar-refractivity contribution in [1.29, 1.82) is 0 Å². The molecule has 0 aliphatic carbocycles. The average Bonchev–Trinajstić information content (AvgIpc) is 2.74. The summed E-state index contributed by atoms with van der Waals surface area (Å²) in [6, 6.07) is 13.0. The number of hydrogen-bond acceptors (Lipinski definition) is 2. The van der Waals surface area contributed by atoms with Gasteiger partial charge in [0.25, 0.3) is 0 Å². The summed E-state index contributed by atoms with van der Waals surface area (Å²) < 4.78 is 6.10. The van der Waals surface area contributed by atoms with Gasteiger partial charge in [0, 0.05) is 11.8 Å². The quantitative estimate of drug-likeness (QED) is 0.687. The van der Waals surface area contributed by atoms with Gasteiger partial charge in [-0.05, 0) is 52.9 Å². The van der Waals surface area contributed by atoms with Crippen molar-refractivity contribution >= 4 is 40.3 Å². The predicted octanol–water partition coefficient (Wildman–Crippen LogP) is 3.54. The molecule has 0 atom stereocenters. The first-order chi connectivity index (χ1) is 8.24. The second kappa shape index (κ2) is 5.67. The Balaban J connectivity index is 1.96. The summed E-state index contributed by atoms with van der Waals surface area (Å²) in [5, 5.41) is 2.75. The zero-order valence-corrected chi connectivity index (χ0v) is 11.0. The number of furan rings is 1. The monoisotopic (exact) mass is 339 g/mol. The number of rotatable bonds is 3. The van der Waals surface area contributed by atoms with E-state index in [1.807, 2.05) is 42.5 Å². The van der Waals surface area contributed by atoms with Crippen molar-refractivity contribution in [1.82, 2.24) is 0 Å². The minimum absolute atomic E-state index is 0.178. The molecule has 86 valence electrons. The molecule has 17 heavy (non-hydrogen) atoms. The van der Waals surface area contributed by atoms with Gasteiger partial charge in [-0.15, -0.1) is 0 Å². The van der Waals surface area contributed by atoms with Gasteiger partial charge in [-0.25, -0.2) is 0 Å². The van der Waals surface area contributed by atoms with Crippen LogP contribution in [-0.2, 0) is 4.79 Å². The highest BCUT2D eigenvalue weighted by molar-refractivity contribution is 14.1. The first-order valence-corrected chi connectivity index (χ1v) is 6.11. The zero-order chi connectivity index (χ0) is 12.1. The molecule has 2 rings (SSSR count). The Morgan fingerprint density at radius 3 is 2.59 bits per heavy atom. The SMILES string of the molecule is O=C(C=Cc1ccc(I)o1)Nc1ccccc1.